The van der Waals surface area contributed by atoms with Crippen LogP contribution in [-0.2, 0) is 14.6 Å². The smallest absolute Gasteiger partial charge is 0.210 e. The number of thiazole rings is 1. The number of hydrogen-bond donors (Lipinski definition) is 0. The van der Waals surface area contributed by atoms with E-state index in [1.54, 1.807) is 22.3 Å². The lowest BCUT2D eigenvalue weighted by molar-refractivity contribution is -0.122. The number of carbonyl (C=O) groups excluding carboxylic acids is 1. The number of Topliss-reactive ketones (excluding diaryl/α,β-unsaturated/α-hetero) is 1. The molecule has 1 heterocycles. The predicted octanol–water partition coefficient (Wildman–Crippen LogP) is 28.8. The molecule has 9 saturated carbocycles. The third-order valence-corrected chi connectivity index (χ3v) is 31.2. The monoisotopic (exact) mass is 1410 g/mol. The van der Waals surface area contributed by atoms with Crippen LogP contribution in [0.1, 0.15) is 357 Å². The van der Waals surface area contributed by atoms with E-state index in [1.807, 2.05) is 24.3 Å². The molecule has 0 N–H and O–H groups in total. The zero-order chi connectivity index (χ0) is 73.2. The number of hydrogen-bond acceptors (Lipinski definition) is 5. The van der Waals surface area contributed by atoms with E-state index in [9.17, 15) is 13.2 Å². The first-order valence-electron chi connectivity index (χ1n) is 42.4. The van der Waals surface area contributed by atoms with Gasteiger partial charge < -0.3 is 0 Å². The molecule has 566 valence electrons. The minimum absolute atomic E-state index is 0.0839. The van der Waals surface area contributed by atoms with Crippen LogP contribution >= 0.6 is 11.3 Å². The minimum Gasteiger partial charge on any atom is -0.300 e. The molecule has 1 aromatic carbocycles. The highest BCUT2D eigenvalue weighted by atomic mass is 32.2. The lowest BCUT2D eigenvalue weighted by atomic mass is 9.60. The first-order chi connectivity index (χ1) is 46.8. The Morgan fingerprint density at radius 3 is 1.18 bits per heavy atom. The quantitative estimate of drug-likeness (QED) is 0.148. The fraction of sp³-hybridized carbons (Fsp3) is 0.809. The summed E-state index contributed by atoms with van der Waals surface area (Å²) in [4.78, 5) is 15.3. The summed E-state index contributed by atoms with van der Waals surface area (Å²) in [6.45, 7) is 50.9. The Kier molecular flexibility index (Phi) is 29.8. The van der Waals surface area contributed by atoms with Gasteiger partial charge in [-0.2, -0.15) is 0 Å². The fourth-order valence-corrected chi connectivity index (χ4v) is 26.0. The Bertz CT molecular complexity index is 3020. The van der Waals surface area contributed by atoms with Gasteiger partial charge in [-0.05, 0) is 294 Å². The van der Waals surface area contributed by atoms with Gasteiger partial charge in [-0.25, -0.2) is 13.4 Å². The Morgan fingerprint density at radius 2 is 0.830 bits per heavy atom. The second-order valence-corrected chi connectivity index (χ2v) is 44.6. The van der Waals surface area contributed by atoms with Gasteiger partial charge in [-0.1, -0.05) is 254 Å². The molecule has 0 radical (unpaired) electrons. The molecule has 100 heavy (non-hydrogen) atoms. The highest BCUT2D eigenvalue weighted by Gasteiger charge is 2.53. The summed E-state index contributed by atoms with van der Waals surface area (Å²) < 4.78 is 27.4. The van der Waals surface area contributed by atoms with Crippen LogP contribution < -0.4 is 0 Å². The van der Waals surface area contributed by atoms with Gasteiger partial charge in [0.25, 0.3) is 0 Å². The maximum atomic E-state index is 13.1. The summed E-state index contributed by atoms with van der Waals surface area (Å²) >= 11 is 1.29. The third-order valence-electron chi connectivity index (χ3n) is 28.1. The van der Waals surface area contributed by atoms with Crippen LogP contribution in [0, 0.1) is 121 Å². The first kappa shape index (κ1) is 83.1. The van der Waals surface area contributed by atoms with Crippen molar-refractivity contribution in [1.82, 2.24) is 4.98 Å². The molecule has 9 fully saturated rings. The second kappa shape index (κ2) is 35.9. The van der Waals surface area contributed by atoms with Crippen LogP contribution in [0.15, 0.2) is 86.9 Å². The van der Waals surface area contributed by atoms with Crippen molar-refractivity contribution in [3.63, 3.8) is 0 Å². The molecule has 6 unspecified atom stereocenters. The topological polar surface area (TPSA) is 64.1 Å². The van der Waals surface area contributed by atoms with Gasteiger partial charge in [0, 0.05) is 12.8 Å². The average molecular weight is 1410 g/mol. The number of para-hydroxylation sites is 1. The number of sulfone groups is 1. The summed E-state index contributed by atoms with van der Waals surface area (Å²) in [5, 5.41) is 0. The highest BCUT2D eigenvalue weighted by molar-refractivity contribution is 7.93. The van der Waals surface area contributed by atoms with E-state index in [0.717, 1.165) is 100 Å². The molecule has 1 aromatic heterocycles. The number of nitrogens with zero attached hydrogens (tertiary/aromatic N) is 1. The molecule has 0 amide bonds. The summed E-state index contributed by atoms with van der Waals surface area (Å²) in [5.41, 5.74) is 12.1. The van der Waals surface area contributed by atoms with Gasteiger partial charge in [0.15, 0.2) is 0 Å². The van der Waals surface area contributed by atoms with Gasteiger partial charge in [0.05, 0.1) is 16.0 Å². The number of fused-ring (bicyclic) bond motifs is 4. The van der Waals surface area contributed by atoms with Crippen molar-refractivity contribution in [2.75, 3.05) is 5.75 Å². The molecule has 6 heteroatoms. The van der Waals surface area contributed by atoms with E-state index < -0.39 is 9.84 Å². The van der Waals surface area contributed by atoms with Crippen molar-refractivity contribution in [3.05, 3.63) is 82.5 Å². The van der Waals surface area contributed by atoms with Gasteiger partial charge in [-0.15, -0.1) is 11.3 Å². The third kappa shape index (κ3) is 23.2. The SMILES string of the molecule is CC1CC(=C/C=C2\CCC[C@]3(C)[C@@H]([C@H](C)CCCC(C)(C)C)CC[C@@H]23)CC(C)C1.CC1CC(=C/C=C2\CCC[C@]3(C)[C@@H]([C@H](C)CCCC(C)(C)C)CC[C@@H]23)CC(C)C1.CC1CC(=O)CC(C)C1.C[C@H](CCCC(C)(C)C)[C@H]1CC[C@H]2/C(=C/CS(=O)(=O)c3nc4ccccc4s3)CCC[C@]12C. The van der Waals surface area contributed by atoms with Crippen LogP contribution in [-0.4, -0.2) is 24.9 Å². The molecule has 0 saturated heterocycles. The minimum atomic E-state index is -3.39. The van der Waals surface area contributed by atoms with Gasteiger partial charge >= 0.3 is 0 Å². The Morgan fingerprint density at radius 1 is 0.490 bits per heavy atom. The van der Waals surface area contributed by atoms with E-state index in [2.05, 4.69) is 181 Å². The first-order valence-corrected chi connectivity index (χ1v) is 44.9. The molecule has 2 aromatic rings. The number of rotatable bonds is 17. The van der Waals surface area contributed by atoms with Crippen LogP contribution in [0.3, 0.4) is 0 Å². The maximum Gasteiger partial charge on any atom is 0.210 e. The second-order valence-electron chi connectivity index (χ2n) is 41.3. The molecule has 0 aliphatic heterocycles. The highest BCUT2D eigenvalue weighted by Crippen LogP contribution is 2.63. The summed E-state index contributed by atoms with van der Waals surface area (Å²) in [7, 11) is -3.39. The number of carbonyl (C=O) groups is 1. The fourth-order valence-electron chi connectivity index (χ4n) is 23.5. The van der Waals surface area contributed by atoms with Crippen LogP contribution in [0.25, 0.3) is 10.2 Å². The molecule has 18 atom stereocenters. The molecular weight excluding hydrogens is 1260 g/mol. The van der Waals surface area contributed by atoms with E-state index in [-0.39, 0.29) is 10.1 Å². The van der Waals surface area contributed by atoms with Crippen molar-refractivity contribution < 1.29 is 13.2 Å². The maximum absolute atomic E-state index is 13.1. The number of benzene rings is 1. The molecular formula is C94H155NO3S2. The van der Waals surface area contributed by atoms with Gasteiger partial charge in [-0.3, -0.25) is 4.79 Å². The molecule has 9 aliphatic carbocycles. The van der Waals surface area contributed by atoms with E-state index in [0.29, 0.717) is 56.0 Å². The summed E-state index contributed by atoms with van der Waals surface area (Å²) in [6.07, 6.45) is 56.2. The molecule has 9 aliphatic rings. The van der Waals surface area contributed by atoms with Crippen LogP contribution in [0.4, 0.5) is 0 Å². The standard InChI is InChI=1S/2C29H50.C28H41NO2S2.C8H14O/c2*1-21-18-22(2)20-24(19-21)12-13-25-11-9-17-29(7)26(14-15-27(25)29)23(3)10-8-16-28(4,5)6;1-20(10-8-17-27(2,3)4)22-14-15-23-21(11-9-18-28(22,23)5)16-19-33(30,31)26-29-24-12-6-7-13-25(24)32-26;1-6-3-7(2)5-8(9)4-6/h2*12-13,21-23,26-27H,8-11,14-20H2,1-7H3;6-7,12-13,16,20,22-23H,8-11,14-15,17-19H2,1-5H3;6-7H,3-5H2,1-2H3/b2*24-12?,25-13+;21-16+;/t2*21?,22?,23-,26-,27+,29-;20-,22-,23+,28-;/m111./s1. The van der Waals surface area contributed by atoms with Gasteiger partial charge in [0.2, 0.25) is 14.2 Å². The Balaban J connectivity index is 0.000000179. The van der Waals surface area contributed by atoms with Crippen molar-refractivity contribution in [1.29, 1.82) is 0 Å². The summed E-state index contributed by atoms with van der Waals surface area (Å²) in [6, 6.07) is 7.67. The van der Waals surface area contributed by atoms with Crippen molar-refractivity contribution >= 4 is 37.2 Å². The van der Waals surface area contributed by atoms with Crippen LogP contribution in [0.5, 0.6) is 0 Å². The average Bonchev–Trinajstić information content (AvgIpc) is 1.60. The normalized spacial score (nSPS) is 34.8. The van der Waals surface area contributed by atoms with E-state index in [4.69, 9.17) is 0 Å². The lowest BCUT2D eigenvalue weighted by Crippen LogP contribution is -2.36. The Hall–Kier alpha value is -2.57. The van der Waals surface area contributed by atoms with Crippen molar-refractivity contribution in [3.8, 4) is 0 Å². The zero-order valence-electron chi connectivity index (χ0n) is 68.9. The van der Waals surface area contributed by atoms with Crippen LogP contribution in [0.2, 0.25) is 0 Å². The zero-order valence-corrected chi connectivity index (χ0v) is 70.5. The lowest BCUT2D eigenvalue weighted by Gasteiger charge is -2.44. The number of ketones is 1. The van der Waals surface area contributed by atoms with E-state index in [1.165, 1.54) is 210 Å². The predicted molar refractivity (Wildman–Crippen MR) is 436 cm³/mol. The van der Waals surface area contributed by atoms with Gasteiger partial charge in [0.1, 0.15) is 5.78 Å². The molecule has 0 bridgehead atoms. The van der Waals surface area contributed by atoms with E-state index >= 15 is 0 Å². The molecule has 0 spiro atoms. The summed E-state index contributed by atoms with van der Waals surface area (Å²) in [5.74, 6) is 12.8. The molecule has 11 rings (SSSR count). The van der Waals surface area contributed by atoms with Crippen molar-refractivity contribution in [2.24, 2.45) is 121 Å². The Labute approximate surface area is 622 Å². The molecule has 4 nitrogen and oxygen atoms in total. The van der Waals surface area contributed by atoms with Crippen molar-refractivity contribution in [2.45, 2.75) is 362 Å². The number of aromatic nitrogens is 1. The largest absolute Gasteiger partial charge is 0.300 e. The number of allylic oxidation sites excluding steroid dienone is 9.